The first-order valence-electron chi connectivity index (χ1n) is 6.00. The highest BCUT2D eigenvalue weighted by Gasteiger charge is 2.50. The van der Waals surface area contributed by atoms with Crippen molar-refractivity contribution in [2.24, 2.45) is 0 Å². The Hall–Kier alpha value is -0.385. The third-order valence-corrected chi connectivity index (χ3v) is 4.08. The number of halogens is 2. The number of hydrogen-bond donors (Lipinski definition) is 0. The first-order chi connectivity index (χ1) is 8.19. The van der Waals surface area contributed by atoms with Crippen molar-refractivity contribution in [2.75, 3.05) is 0 Å². The van der Waals surface area contributed by atoms with E-state index in [4.69, 9.17) is 9.31 Å². The maximum Gasteiger partial charge on any atom is 0.462 e. The van der Waals surface area contributed by atoms with Crippen LogP contribution in [0.25, 0.3) is 0 Å². The second kappa shape index (κ2) is 4.62. The summed E-state index contributed by atoms with van der Waals surface area (Å²) in [6, 6.07) is 4.83. The van der Waals surface area contributed by atoms with Crippen LogP contribution in [-0.4, -0.2) is 18.3 Å². The smallest absolute Gasteiger partial charge is 0.403 e. The summed E-state index contributed by atoms with van der Waals surface area (Å²) < 4.78 is 25.8. The van der Waals surface area contributed by atoms with Crippen molar-refractivity contribution in [3.63, 3.8) is 0 Å². The Labute approximate surface area is 116 Å². The van der Waals surface area contributed by atoms with E-state index in [0.717, 1.165) is 10.0 Å². The molecule has 0 N–H and O–H groups in total. The molecule has 5 heteroatoms. The van der Waals surface area contributed by atoms with Crippen LogP contribution in [-0.2, 0) is 15.6 Å². The van der Waals surface area contributed by atoms with Crippen molar-refractivity contribution < 1.29 is 13.7 Å². The molecule has 0 atom stereocenters. The zero-order valence-corrected chi connectivity index (χ0v) is 12.7. The van der Waals surface area contributed by atoms with E-state index in [9.17, 15) is 4.39 Å². The van der Waals surface area contributed by atoms with Gasteiger partial charge in [-0.1, -0.05) is 15.9 Å². The lowest BCUT2D eigenvalue weighted by atomic mass is 9.81. The van der Waals surface area contributed by atoms with E-state index in [0.29, 0.717) is 6.32 Å². The van der Waals surface area contributed by atoms with E-state index in [-0.39, 0.29) is 24.1 Å². The molecular weight excluding hydrogens is 298 g/mol. The van der Waals surface area contributed by atoms with Gasteiger partial charge in [-0.25, -0.2) is 4.39 Å². The van der Waals surface area contributed by atoms with E-state index >= 15 is 0 Å². The standard InChI is InChI=1S/C13H17BBrFO2/c1-12(2)13(3,4)18-14(17-12)8-9-5-10(15)7-11(16)6-9/h5-7H,8H2,1-4H3. The van der Waals surface area contributed by atoms with E-state index < -0.39 is 0 Å². The lowest BCUT2D eigenvalue weighted by Gasteiger charge is -2.32. The Morgan fingerprint density at radius 1 is 1.11 bits per heavy atom. The Morgan fingerprint density at radius 2 is 1.67 bits per heavy atom. The normalized spacial score (nSPS) is 21.3. The number of benzene rings is 1. The molecule has 1 aliphatic heterocycles. The first-order valence-corrected chi connectivity index (χ1v) is 6.79. The highest BCUT2D eigenvalue weighted by atomic mass is 79.9. The predicted molar refractivity (Wildman–Crippen MR) is 73.9 cm³/mol. The Bertz CT molecular complexity index is 426. The number of hydrogen-bond acceptors (Lipinski definition) is 2. The fraction of sp³-hybridized carbons (Fsp3) is 0.538. The van der Waals surface area contributed by atoms with Gasteiger partial charge in [0.2, 0.25) is 0 Å². The Balaban J connectivity index is 2.12. The Morgan fingerprint density at radius 3 is 2.17 bits per heavy atom. The van der Waals surface area contributed by atoms with Gasteiger partial charge in [0.05, 0.1) is 11.2 Å². The predicted octanol–water partition coefficient (Wildman–Crippen LogP) is 3.76. The van der Waals surface area contributed by atoms with Crippen LogP contribution in [0.3, 0.4) is 0 Å². The summed E-state index contributed by atoms with van der Waals surface area (Å²) in [6.45, 7) is 8.03. The summed E-state index contributed by atoms with van der Waals surface area (Å²) in [5, 5.41) is 0. The maximum atomic E-state index is 13.3. The lowest BCUT2D eigenvalue weighted by Crippen LogP contribution is -2.41. The van der Waals surface area contributed by atoms with Crippen LogP contribution < -0.4 is 0 Å². The molecule has 1 fully saturated rings. The molecule has 0 saturated carbocycles. The summed E-state index contributed by atoms with van der Waals surface area (Å²) in [5.74, 6) is -0.254. The largest absolute Gasteiger partial charge is 0.462 e. The zero-order chi connectivity index (χ0) is 13.6. The van der Waals surface area contributed by atoms with Crippen LogP contribution >= 0.6 is 15.9 Å². The average Bonchev–Trinajstić information content (AvgIpc) is 2.31. The summed E-state index contributed by atoms with van der Waals surface area (Å²) >= 11 is 3.29. The van der Waals surface area contributed by atoms with Gasteiger partial charge in [0.1, 0.15) is 5.82 Å². The van der Waals surface area contributed by atoms with Crippen molar-refractivity contribution in [1.82, 2.24) is 0 Å². The minimum absolute atomic E-state index is 0.254. The van der Waals surface area contributed by atoms with Crippen LogP contribution in [0.15, 0.2) is 22.7 Å². The van der Waals surface area contributed by atoms with Crippen molar-refractivity contribution in [2.45, 2.75) is 45.2 Å². The molecule has 0 unspecified atom stereocenters. The molecule has 0 amide bonds. The van der Waals surface area contributed by atoms with E-state index in [2.05, 4.69) is 15.9 Å². The Kier molecular flexibility index (Phi) is 3.60. The fourth-order valence-electron chi connectivity index (χ4n) is 1.97. The summed E-state index contributed by atoms with van der Waals surface area (Å²) in [4.78, 5) is 0. The molecule has 0 bridgehead atoms. The second-order valence-electron chi connectivity index (χ2n) is 5.67. The summed E-state index contributed by atoms with van der Waals surface area (Å²) in [6.07, 6.45) is 0.545. The van der Waals surface area contributed by atoms with Gasteiger partial charge in [-0.2, -0.15) is 0 Å². The van der Waals surface area contributed by atoms with Gasteiger partial charge < -0.3 is 9.31 Å². The molecule has 18 heavy (non-hydrogen) atoms. The monoisotopic (exact) mass is 314 g/mol. The van der Waals surface area contributed by atoms with Gasteiger partial charge in [0, 0.05) is 10.8 Å². The molecule has 0 radical (unpaired) electrons. The molecule has 0 aromatic heterocycles. The van der Waals surface area contributed by atoms with Gasteiger partial charge in [-0.3, -0.25) is 0 Å². The van der Waals surface area contributed by atoms with Crippen molar-refractivity contribution in [3.05, 3.63) is 34.1 Å². The van der Waals surface area contributed by atoms with Crippen LogP contribution in [0.1, 0.15) is 33.3 Å². The van der Waals surface area contributed by atoms with Crippen molar-refractivity contribution >= 4 is 23.0 Å². The minimum Gasteiger partial charge on any atom is -0.403 e. The van der Waals surface area contributed by atoms with Gasteiger partial charge in [-0.15, -0.1) is 0 Å². The molecule has 2 nitrogen and oxygen atoms in total. The van der Waals surface area contributed by atoms with Gasteiger partial charge in [0.25, 0.3) is 0 Å². The topological polar surface area (TPSA) is 18.5 Å². The quantitative estimate of drug-likeness (QED) is 0.774. The van der Waals surface area contributed by atoms with Gasteiger partial charge >= 0.3 is 7.12 Å². The third-order valence-electron chi connectivity index (χ3n) is 3.63. The first kappa shape index (κ1) is 14.0. The highest BCUT2D eigenvalue weighted by molar-refractivity contribution is 9.10. The van der Waals surface area contributed by atoms with E-state index in [1.54, 1.807) is 0 Å². The molecule has 2 rings (SSSR count). The highest BCUT2D eigenvalue weighted by Crippen LogP contribution is 2.37. The van der Waals surface area contributed by atoms with Crippen LogP contribution in [0.4, 0.5) is 4.39 Å². The molecule has 98 valence electrons. The molecule has 1 saturated heterocycles. The van der Waals surface area contributed by atoms with Crippen LogP contribution in [0.5, 0.6) is 0 Å². The lowest BCUT2D eigenvalue weighted by molar-refractivity contribution is 0.00578. The fourth-order valence-corrected chi connectivity index (χ4v) is 2.48. The molecule has 0 spiro atoms. The van der Waals surface area contributed by atoms with Crippen LogP contribution in [0.2, 0.25) is 0 Å². The van der Waals surface area contributed by atoms with Crippen molar-refractivity contribution in [3.8, 4) is 0 Å². The molecule has 1 aromatic carbocycles. The third kappa shape index (κ3) is 2.78. The molecule has 1 heterocycles. The summed E-state index contributed by atoms with van der Waals surface area (Å²) in [5.41, 5.74) is 0.171. The number of rotatable bonds is 2. The van der Waals surface area contributed by atoms with E-state index in [1.807, 2.05) is 33.8 Å². The zero-order valence-electron chi connectivity index (χ0n) is 11.1. The molecular formula is C13H17BBrFO2. The maximum absolute atomic E-state index is 13.3. The van der Waals surface area contributed by atoms with Gasteiger partial charge in [0.15, 0.2) is 0 Å². The summed E-state index contributed by atoms with van der Waals surface area (Å²) in [7, 11) is -0.330. The second-order valence-corrected chi connectivity index (χ2v) is 6.58. The van der Waals surface area contributed by atoms with E-state index in [1.165, 1.54) is 12.1 Å². The SMILES string of the molecule is CC1(C)OB(Cc2cc(F)cc(Br)c2)OC1(C)C. The van der Waals surface area contributed by atoms with Crippen LogP contribution in [0, 0.1) is 5.82 Å². The molecule has 1 aliphatic rings. The molecule has 0 aliphatic carbocycles. The molecule has 1 aromatic rings. The van der Waals surface area contributed by atoms with Crippen molar-refractivity contribution in [1.29, 1.82) is 0 Å². The van der Waals surface area contributed by atoms with Gasteiger partial charge in [-0.05, 0) is 51.5 Å². The average molecular weight is 315 g/mol. The minimum atomic E-state index is -0.345.